The van der Waals surface area contributed by atoms with Crippen LogP contribution in [0, 0.1) is 0 Å². The second-order valence-corrected chi connectivity index (χ2v) is 5.81. The molecule has 26 heavy (non-hydrogen) atoms. The summed E-state index contributed by atoms with van der Waals surface area (Å²) in [6, 6.07) is 7.38. The number of carbonyl (C=O) groups excluding carboxylic acids is 1. The first kappa shape index (κ1) is 20.2. The molecule has 0 spiro atoms. The Labute approximate surface area is 158 Å². The summed E-state index contributed by atoms with van der Waals surface area (Å²) in [6.45, 7) is 6.11. The molecule has 1 aliphatic rings. The zero-order valence-electron chi connectivity index (χ0n) is 14.8. The van der Waals surface area contributed by atoms with Crippen molar-refractivity contribution in [2.45, 2.75) is 20.0 Å². The molecule has 1 aliphatic heterocycles. The first-order valence-electron chi connectivity index (χ1n) is 8.46. The van der Waals surface area contributed by atoms with Crippen molar-refractivity contribution in [1.82, 2.24) is 19.9 Å². The number of benzene rings is 1. The molecule has 2 aromatic rings. The van der Waals surface area contributed by atoms with Gasteiger partial charge in [0.25, 0.3) is 5.91 Å². The molecule has 1 saturated heterocycles. The van der Waals surface area contributed by atoms with Crippen molar-refractivity contribution in [3.05, 3.63) is 41.5 Å². The van der Waals surface area contributed by atoms with E-state index in [0.29, 0.717) is 49.3 Å². The van der Waals surface area contributed by atoms with Crippen LogP contribution in [0.3, 0.4) is 0 Å². The van der Waals surface area contributed by atoms with Gasteiger partial charge in [-0.15, -0.1) is 12.4 Å². The average Bonchev–Trinajstić information content (AvgIpc) is 3.10. The molecule has 0 bridgehead atoms. The van der Waals surface area contributed by atoms with Crippen molar-refractivity contribution in [2.75, 3.05) is 32.8 Å². The smallest absolute Gasteiger partial charge is 0.257 e. The van der Waals surface area contributed by atoms with Crippen LogP contribution >= 0.6 is 12.4 Å². The number of para-hydroxylation sites is 1. The number of halogens is 1. The fourth-order valence-electron chi connectivity index (χ4n) is 2.84. The van der Waals surface area contributed by atoms with E-state index in [1.54, 1.807) is 0 Å². The van der Waals surface area contributed by atoms with Crippen LogP contribution in [0.15, 0.2) is 28.8 Å². The summed E-state index contributed by atoms with van der Waals surface area (Å²) >= 11 is 0. The van der Waals surface area contributed by atoms with Crippen molar-refractivity contribution in [3.63, 3.8) is 0 Å². The second-order valence-electron chi connectivity index (χ2n) is 5.81. The monoisotopic (exact) mass is 381 g/mol. The first-order valence-corrected chi connectivity index (χ1v) is 8.46. The molecule has 142 valence electrons. The van der Waals surface area contributed by atoms with E-state index in [1.165, 1.54) is 0 Å². The molecule has 8 nitrogen and oxygen atoms in total. The van der Waals surface area contributed by atoms with Gasteiger partial charge in [0, 0.05) is 26.2 Å². The van der Waals surface area contributed by atoms with E-state index < -0.39 is 0 Å². The predicted molar refractivity (Wildman–Crippen MR) is 98.2 cm³/mol. The van der Waals surface area contributed by atoms with E-state index in [-0.39, 0.29) is 24.9 Å². The zero-order chi connectivity index (χ0) is 17.6. The number of rotatable bonds is 6. The lowest BCUT2D eigenvalue weighted by molar-refractivity contribution is 0.0620. The van der Waals surface area contributed by atoms with Gasteiger partial charge < -0.3 is 19.9 Å². The topological polar surface area (TPSA) is 97.7 Å². The molecule has 0 saturated carbocycles. The maximum absolute atomic E-state index is 12.8. The Balaban J connectivity index is 0.00000243. The van der Waals surface area contributed by atoms with Gasteiger partial charge in [-0.3, -0.25) is 9.69 Å². The number of piperazine rings is 1. The quantitative estimate of drug-likeness (QED) is 0.805. The lowest BCUT2D eigenvalue weighted by Gasteiger charge is -2.34. The van der Waals surface area contributed by atoms with Crippen molar-refractivity contribution in [1.29, 1.82) is 0 Å². The number of nitrogens with zero attached hydrogens (tertiary/aromatic N) is 4. The standard InChI is InChI=1S/C17H23N5O3.ClH/c1-2-24-14-6-4-3-5-13(14)17(23)22-9-7-21(8-10-22)12-15-19-16(11-18)25-20-15;/h3-6H,2,7-12,18H2,1H3;1H. The maximum atomic E-state index is 12.8. The SMILES string of the molecule is CCOc1ccccc1C(=O)N1CCN(Cc2noc(CN)n2)CC1.Cl. The largest absolute Gasteiger partial charge is 0.493 e. The van der Waals surface area contributed by atoms with E-state index in [2.05, 4.69) is 15.0 Å². The fraction of sp³-hybridized carbons (Fsp3) is 0.471. The van der Waals surface area contributed by atoms with E-state index in [4.69, 9.17) is 15.0 Å². The second kappa shape index (κ2) is 9.51. The molecule has 1 fully saturated rings. The highest BCUT2D eigenvalue weighted by molar-refractivity contribution is 5.97. The Morgan fingerprint density at radius 3 is 2.65 bits per heavy atom. The molecule has 0 aliphatic carbocycles. The summed E-state index contributed by atoms with van der Waals surface area (Å²) < 4.78 is 10.6. The Morgan fingerprint density at radius 1 is 1.27 bits per heavy atom. The van der Waals surface area contributed by atoms with Gasteiger partial charge in [-0.2, -0.15) is 4.98 Å². The number of aromatic nitrogens is 2. The Bertz CT molecular complexity index is 716. The first-order chi connectivity index (χ1) is 12.2. The Kier molecular flexibility index (Phi) is 7.38. The molecule has 3 rings (SSSR count). The van der Waals surface area contributed by atoms with Crippen molar-refractivity contribution in [2.24, 2.45) is 5.73 Å². The summed E-state index contributed by atoms with van der Waals surface area (Å²) in [6.07, 6.45) is 0. The lowest BCUT2D eigenvalue weighted by atomic mass is 10.1. The van der Waals surface area contributed by atoms with Crippen LogP contribution in [0.1, 0.15) is 29.0 Å². The third-order valence-electron chi connectivity index (χ3n) is 4.13. The number of amides is 1. The van der Waals surface area contributed by atoms with Gasteiger partial charge in [-0.05, 0) is 19.1 Å². The molecule has 1 aromatic carbocycles. The van der Waals surface area contributed by atoms with Gasteiger partial charge in [-0.1, -0.05) is 17.3 Å². The number of hydrogen-bond acceptors (Lipinski definition) is 7. The highest BCUT2D eigenvalue weighted by atomic mass is 35.5. The van der Waals surface area contributed by atoms with Gasteiger partial charge in [-0.25, -0.2) is 0 Å². The summed E-state index contributed by atoms with van der Waals surface area (Å²) in [5.74, 6) is 1.71. The Morgan fingerprint density at radius 2 is 2.00 bits per heavy atom. The molecule has 1 amide bonds. The third-order valence-corrected chi connectivity index (χ3v) is 4.13. The summed E-state index contributed by atoms with van der Waals surface area (Å²) in [5.41, 5.74) is 6.09. The van der Waals surface area contributed by atoms with Crippen LogP contribution in [0.5, 0.6) is 5.75 Å². The van der Waals surface area contributed by atoms with Gasteiger partial charge in [0.15, 0.2) is 5.82 Å². The molecular weight excluding hydrogens is 358 g/mol. The minimum Gasteiger partial charge on any atom is -0.493 e. The normalized spacial score (nSPS) is 14.8. The number of hydrogen-bond donors (Lipinski definition) is 1. The van der Waals surface area contributed by atoms with Crippen LogP contribution in [0.2, 0.25) is 0 Å². The van der Waals surface area contributed by atoms with E-state index in [0.717, 1.165) is 13.1 Å². The zero-order valence-corrected chi connectivity index (χ0v) is 15.6. The third kappa shape index (κ3) is 4.72. The van der Waals surface area contributed by atoms with Gasteiger partial charge in [0.05, 0.1) is 25.3 Å². The lowest BCUT2D eigenvalue weighted by Crippen LogP contribution is -2.48. The van der Waals surface area contributed by atoms with Crippen molar-refractivity contribution >= 4 is 18.3 Å². The van der Waals surface area contributed by atoms with Crippen LogP contribution in [0.4, 0.5) is 0 Å². The molecular formula is C17H24ClN5O3. The van der Waals surface area contributed by atoms with Crippen LogP contribution < -0.4 is 10.5 Å². The predicted octanol–water partition coefficient (Wildman–Crippen LogP) is 1.31. The van der Waals surface area contributed by atoms with Gasteiger partial charge in [0.2, 0.25) is 5.89 Å². The maximum Gasteiger partial charge on any atom is 0.257 e. The molecule has 2 heterocycles. The van der Waals surface area contributed by atoms with Gasteiger partial charge >= 0.3 is 0 Å². The fourth-order valence-corrected chi connectivity index (χ4v) is 2.84. The van der Waals surface area contributed by atoms with Crippen LogP contribution in [0.25, 0.3) is 0 Å². The number of ether oxygens (including phenoxy) is 1. The van der Waals surface area contributed by atoms with E-state index in [9.17, 15) is 4.79 Å². The van der Waals surface area contributed by atoms with E-state index in [1.807, 2.05) is 36.1 Å². The van der Waals surface area contributed by atoms with Gasteiger partial charge in [0.1, 0.15) is 5.75 Å². The molecule has 9 heteroatoms. The summed E-state index contributed by atoms with van der Waals surface area (Å²) in [4.78, 5) is 21.0. The number of nitrogens with two attached hydrogens (primary N) is 1. The highest BCUT2D eigenvalue weighted by Gasteiger charge is 2.25. The van der Waals surface area contributed by atoms with Crippen LogP contribution in [-0.2, 0) is 13.1 Å². The minimum atomic E-state index is 0. The van der Waals surface area contributed by atoms with E-state index >= 15 is 0 Å². The summed E-state index contributed by atoms with van der Waals surface area (Å²) in [5, 5.41) is 3.91. The molecule has 0 radical (unpaired) electrons. The Hall–Kier alpha value is -2.16. The minimum absolute atomic E-state index is 0. The summed E-state index contributed by atoms with van der Waals surface area (Å²) in [7, 11) is 0. The molecule has 0 atom stereocenters. The molecule has 1 aromatic heterocycles. The average molecular weight is 382 g/mol. The highest BCUT2D eigenvalue weighted by Crippen LogP contribution is 2.21. The van der Waals surface area contributed by atoms with Crippen molar-refractivity contribution < 1.29 is 14.1 Å². The molecule has 2 N–H and O–H groups in total. The van der Waals surface area contributed by atoms with Crippen LogP contribution in [-0.4, -0.2) is 58.6 Å². The van der Waals surface area contributed by atoms with Crippen molar-refractivity contribution in [3.8, 4) is 5.75 Å². The molecule has 0 unspecified atom stereocenters. The number of carbonyl (C=O) groups is 1.